The number of benzene rings is 1. The van der Waals surface area contributed by atoms with E-state index in [1.54, 1.807) is 0 Å². The van der Waals surface area contributed by atoms with Crippen LogP contribution in [0.3, 0.4) is 0 Å². The lowest BCUT2D eigenvalue weighted by Crippen LogP contribution is -2.47. The van der Waals surface area contributed by atoms with Gasteiger partial charge in [-0.15, -0.1) is 0 Å². The van der Waals surface area contributed by atoms with Gasteiger partial charge in [-0.3, -0.25) is 0 Å². The fourth-order valence-corrected chi connectivity index (χ4v) is 1.42. The summed E-state index contributed by atoms with van der Waals surface area (Å²) in [7, 11) is 0. The lowest BCUT2D eigenvalue weighted by Gasteiger charge is -2.28. The maximum atomic E-state index is 9.79. The average molecular weight is 193 g/mol. The van der Waals surface area contributed by atoms with Crippen LogP contribution in [0, 0.1) is 0 Å². The van der Waals surface area contributed by atoms with Crippen LogP contribution in [0.2, 0.25) is 0 Å². The molecule has 1 unspecified atom stereocenters. The lowest BCUT2D eigenvalue weighted by molar-refractivity contribution is -0.00981. The number of hydrogen-bond acceptors (Lipinski definition) is 3. The van der Waals surface area contributed by atoms with Crippen LogP contribution >= 0.6 is 0 Å². The third kappa shape index (κ3) is 2.32. The molecule has 1 heterocycles. The standard InChI is InChI=1S/C11H15NO2/c13-11(6-12-10-7-14-8-10)9-4-2-1-3-5-9/h1-5,10-13H,6-8H2. The van der Waals surface area contributed by atoms with E-state index in [0.29, 0.717) is 12.6 Å². The van der Waals surface area contributed by atoms with Gasteiger partial charge in [0.1, 0.15) is 0 Å². The van der Waals surface area contributed by atoms with Crippen molar-refractivity contribution >= 4 is 0 Å². The molecular weight excluding hydrogens is 178 g/mol. The quantitative estimate of drug-likeness (QED) is 0.740. The molecule has 0 aromatic heterocycles. The van der Waals surface area contributed by atoms with Crippen molar-refractivity contribution in [1.29, 1.82) is 0 Å². The first-order valence-corrected chi connectivity index (χ1v) is 4.90. The second-order valence-electron chi connectivity index (χ2n) is 3.57. The Bertz CT molecular complexity index is 272. The first kappa shape index (κ1) is 9.65. The van der Waals surface area contributed by atoms with Crippen molar-refractivity contribution in [2.75, 3.05) is 19.8 Å². The molecule has 2 rings (SSSR count). The molecule has 0 spiro atoms. The van der Waals surface area contributed by atoms with Crippen LogP contribution in [-0.4, -0.2) is 30.9 Å². The maximum absolute atomic E-state index is 9.79. The number of nitrogens with one attached hydrogen (secondary N) is 1. The molecule has 1 aromatic rings. The van der Waals surface area contributed by atoms with Gasteiger partial charge < -0.3 is 15.2 Å². The summed E-state index contributed by atoms with van der Waals surface area (Å²) in [4.78, 5) is 0. The molecule has 1 aromatic carbocycles. The summed E-state index contributed by atoms with van der Waals surface area (Å²) in [6.45, 7) is 2.13. The predicted molar refractivity (Wildman–Crippen MR) is 54.0 cm³/mol. The Labute approximate surface area is 83.7 Å². The molecule has 3 nitrogen and oxygen atoms in total. The van der Waals surface area contributed by atoms with E-state index < -0.39 is 6.10 Å². The van der Waals surface area contributed by atoms with Crippen LogP contribution in [0.1, 0.15) is 11.7 Å². The zero-order chi connectivity index (χ0) is 9.80. The van der Waals surface area contributed by atoms with Crippen molar-refractivity contribution in [3.8, 4) is 0 Å². The Kier molecular flexibility index (Phi) is 3.14. The predicted octanol–water partition coefficient (Wildman–Crippen LogP) is 0.708. The molecule has 3 heteroatoms. The smallest absolute Gasteiger partial charge is 0.0914 e. The summed E-state index contributed by atoms with van der Waals surface area (Å²) < 4.78 is 5.03. The molecule has 0 bridgehead atoms. The monoisotopic (exact) mass is 193 g/mol. The summed E-state index contributed by atoms with van der Waals surface area (Å²) in [5, 5.41) is 13.0. The number of aliphatic hydroxyl groups excluding tert-OH is 1. The number of hydrogen-bond donors (Lipinski definition) is 2. The number of rotatable bonds is 4. The Balaban J connectivity index is 1.80. The van der Waals surface area contributed by atoms with Crippen molar-refractivity contribution < 1.29 is 9.84 Å². The zero-order valence-electron chi connectivity index (χ0n) is 8.02. The first-order valence-electron chi connectivity index (χ1n) is 4.90. The molecular formula is C11H15NO2. The first-order chi connectivity index (χ1) is 6.86. The summed E-state index contributed by atoms with van der Waals surface area (Å²) in [5.41, 5.74) is 0.959. The second-order valence-corrected chi connectivity index (χ2v) is 3.57. The highest BCUT2D eigenvalue weighted by Crippen LogP contribution is 2.11. The summed E-state index contributed by atoms with van der Waals surface area (Å²) in [5.74, 6) is 0. The van der Waals surface area contributed by atoms with Gasteiger partial charge in [-0.25, -0.2) is 0 Å². The van der Waals surface area contributed by atoms with Gasteiger partial charge in [0.25, 0.3) is 0 Å². The molecule has 0 amide bonds. The normalized spacial score (nSPS) is 18.9. The molecule has 0 aliphatic carbocycles. The van der Waals surface area contributed by atoms with Crippen molar-refractivity contribution in [3.05, 3.63) is 35.9 Å². The number of ether oxygens (including phenoxy) is 1. The zero-order valence-corrected chi connectivity index (χ0v) is 8.02. The van der Waals surface area contributed by atoms with Crippen LogP contribution in [-0.2, 0) is 4.74 Å². The van der Waals surface area contributed by atoms with E-state index in [-0.39, 0.29) is 0 Å². The average Bonchev–Trinajstić information content (AvgIpc) is 2.16. The fraction of sp³-hybridized carbons (Fsp3) is 0.455. The molecule has 14 heavy (non-hydrogen) atoms. The Hall–Kier alpha value is -0.900. The van der Waals surface area contributed by atoms with Crippen LogP contribution in [0.15, 0.2) is 30.3 Å². The van der Waals surface area contributed by atoms with Crippen LogP contribution < -0.4 is 5.32 Å². The highest BCUT2D eigenvalue weighted by molar-refractivity contribution is 5.17. The molecule has 1 aliphatic heterocycles. The van der Waals surface area contributed by atoms with Crippen molar-refractivity contribution in [2.45, 2.75) is 12.1 Å². The van der Waals surface area contributed by atoms with Crippen LogP contribution in [0.5, 0.6) is 0 Å². The third-order valence-corrected chi connectivity index (χ3v) is 2.42. The highest BCUT2D eigenvalue weighted by atomic mass is 16.5. The van der Waals surface area contributed by atoms with E-state index in [2.05, 4.69) is 5.32 Å². The molecule has 1 atom stereocenters. The molecule has 0 saturated carbocycles. The van der Waals surface area contributed by atoms with Gasteiger partial charge in [0.2, 0.25) is 0 Å². The van der Waals surface area contributed by atoms with E-state index in [1.807, 2.05) is 30.3 Å². The van der Waals surface area contributed by atoms with Crippen molar-refractivity contribution in [1.82, 2.24) is 5.32 Å². The van der Waals surface area contributed by atoms with Gasteiger partial charge in [0.05, 0.1) is 25.4 Å². The van der Waals surface area contributed by atoms with Gasteiger partial charge in [-0.05, 0) is 5.56 Å². The van der Waals surface area contributed by atoms with Crippen molar-refractivity contribution in [3.63, 3.8) is 0 Å². The minimum absolute atomic E-state index is 0.420. The summed E-state index contributed by atoms with van der Waals surface area (Å²) in [6, 6.07) is 10.1. The van der Waals surface area contributed by atoms with E-state index in [0.717, 1.165) is 18.8 Å². The van der Waals surface area contributed by atoms with E-state index >= 15 is 0 Å². The van der Waals surface area contributed by atoms with Crippen LogP contribution in [0.4, 0.5) is 0 Å². The fourth-order valence-electron chi connectivity index (χ4n) is 1.42. The van der Waals surface area contributed by atoms with E-state index in [4.69, 9.17) is 4.74 Å². The van der Waals surface area contributed by atoms with Crippen LogP contribution in [0.25, 0.3) is 0 Å². The second kappa shape index (κ2) is 4.55. The Morgan fingerprint density at radius 1 is 1.36 bits per heavy atom. The minimum Gasteiger partial charge on any atom is -0.387 e. The molecule has 1 aliphatic rings. The highest BCUT2D eigenvalue weighted by Gasteiger charge is 2.18. The van der Waals surface area contributed by atoms with Crippen molar-refractivity contribution in [2.24, 2.45) is 0 Å². The number of aliphatic hydroxyl groups is 1. The molecule has 0 radical (unpaired) electrons. The maximum Gasteiger partial charge on any atom is 0.0914 e. The van der Waals surface area contributed by atoms with Gasteiger partial charge in [-0.2, -0.15) is 0 Å². The van der Waals surface area contributed by atoms with E-state index in [1.165, 1.54) is 0 Å². The molecule has 76 valence electrons. The molecule has 1 saturated heterocycles. The Morgan fingerprint density at radius 2 is 2.07 bits per heavy atom. The van der Waals surface area contributed by atoms with E-state index in [9.17, 15) is 5.11 Å². The SMILES string of the molecule is OC(CNC1COC1)c1ccccc1. The Morgan fingerprint density at radius 3 is 2.64 bits per heavy atom. The minimum atomic E-state index is -0.420. The van der Waals surface area contributed by atoms with Gasteiger partial charge in [0.15, 0.2) is 0 Å². The third-order valence-electron chi connectivity index (χ3n) is 2.42. The molecule has 1 fully saturated rings. The lowest BCUT2D eigenvalue weighted by atomic mass is 10.1. The van der Waals surface area contributed by atoms with Gasteiger partial charge in [0, 0.05) is 6.54 Å². The van der Waals surface area contributed by atoms with Gasteiger partial charge in [-0.1, -0.05) is 30.3 Å². The molecule has 2 N–H and O–H groups in total. The summed E-state index contributed by atoms with van der Waals surface area (Å²) in [6.07, 6.45) is -0.420. The van der Waals surface area contributed by atoms with Gasteiger partial charge >= 0.3 is 0 Å². The largest absolute Gasteiger partial charge is 0.387 e. The summed E-state index contributed by atoms with van der Waals surface area (Å²) >= 11 is 0. The topological polar surface area (TPSA) is 41.5 Å².